The van der Waals surface area contributed by atoms with Gasteiger partial charge in [-0.15, -0.1) is 0 Å². The normalized spacial score (nSPS) is 37.3. The topological polar surface area (TPSA) is 32.5 Å². The molecule has 106 valence electrons. The molecule has 0 aromatic rings. The maximum Gasteiger partial charge on any atom is 0.0337 e. The van der Waals surface area contributed by atoms with Crippen molar-refractivity contribution in [2.75, 3.05) is 33.7 Å². The molecular weight excluding hydrogens is 222 g/mol. The van der Waals surface area contributed by atoms with Crippen LogP contribution in [0.25, 0.3) is 0 Å². The smallest absolute Gasteiger partial charge is 0.0337 e. The minimum absolute atomic E-state index is 0.256. The maximum absolute atomic E-state index is 6.18. The molecule has 1 aliphatic heterocycles. The number of hydrogen-bond donors (Lipinski definition) is 1. The lowest BCUT2D eigenvalue weighted by Crippen LogP contribution is -2.58. The fourth-order valence-electron chi connectivity index (χ4n) is 4.10. The third-order valence-electron chi connectivity index (χ3n) is 5.35. The average molecular weight is 253 g/mol. The number of nitrogens with zero attached hydrogens (tertiary/aromatic N) is 2. The first-order chi connectivity index (χ1) is 8.38. The molecule has 1 aliphatic carbocycles. The van der Waals surface area contributed by atoms with Gasteiger partial charge < -0.3 is 10.6 Å². The van der Waals surface area contributed by atoms with Crippen molar-refractivity contribution < 1.29 is 0 Å². The van der Waals surface area contributed by atoms with E-state index < -0.39 is 0 Å². The summed E-state index contributed by atoms with van der Waals surface area (Å²) in [6.45, 7) is 8.06. The van der Waals surface area contributed by atoms with E-state index in [9.17, 15) is 0 Å². The lowest BCUT2D eigenvalue weighted by molar-refractivity contribution is 0.0358. The number of rotatable bonds is 3. The first-order valence-corrected chi connectivity index (χ1v) is 7.50. The van der Waals surface area contributed by atoms with Crippen molar-refractivity contribution in [3.05, 3.63) is 0 Å². The predicted octanol–water partition coefficient (Wildman–Crippen LogP) is 1.92. The van der Waals surface area contributed by atoms with E-state index in [0.717, 1.165) is 6.54 Å². The van der Waals surface area contributed by atoms with Gasteiger partial charge in [-0.2, -0.15) is 0 Å². The molecule has 2 atom stereocenters. The maximum atomic E-state index is 6.18. The van der Waals surface area contributed by atoms with E-state index in [1.165, 1.54) is 45.2 Å². The van der Waals surface area contributed by atoms with Crippen LogP contribution in [0.2, 0.25) is 0 Å². The van der Waals surface area contributed by atoms with Crippen LogP contribution in [0.1, 0.15) is 46.0 Å². The van der Waals surface area contributed by atoms with Crippen molar-refractivity contribution in [2.45, 2.75) is 57.5 Å². The van der Waals surface area contributed by atoms with Crippen LogP contribution in [0.3, 0.4) is 0 Å². The molecule has 1 heterocycles. The molecule has 2 fully saturated rings. The SMILES string of the molecule is CN1CCCC(N(C)C2(CN)CCC(C)(C)C2)C1. The number of piperidine rings is 1. The Morgan fingerprint density at radius 2 is 2.06 bits per heavy atom. The first kappa shape index (κ1) is 14.3. The number of hydrogen-bond acceptors (Lipinski definition) is 3. The van der Waals surface area contributed by atoms with Crippen LogP contribution in [0.15, 0.2) is 0 Å². The highest BCUT2D eigenvalue weighted by molar-refractivity contribution is 5.03. The van der Waals surface area contributed by atoms with E-state index in [2.05, 4.69) is 37.7 Å². The van der Waals surface area contributed by atoms with Gasteiger partial charge in [-0.05, 0) is 58.2 Å². The van der Waals surface area contributed by atoms with Crippen molar-refractivity contribution in [2.24, 2.45) is 11.1 Å². The highest BCUT2D eigenvalue weighted by atomic mass is 15.3. The van der Waals surface area contributed by atoms with Gasteiger partial charge in [-0.3, -0.25) is 4.90 Å². The molecule has 3 nitrogen and oxygen atoms in total. The summed E-state index contributed by atoms with van der Waals surface area (Å²) in [5.41, 5.74) is 6.90. The molecule has 0 bridgehead atoms. The Morgan fingerprint density at radius 3 is 2.56 bits per heavy atom. The Morgan fingerprint density at radius 1 is 1.33 bits per heavy atom. The Labute approximate surface area is 113 Å². The van der Waals surface area contributed by atoms with Crippen LogP contribution in [0.5, 0.6) is 0 Å². The molecule has 2 unspecified atom stereocenters. The molecular formula is C15H31N3. The van der Waals surface area contributed by atoms with Crippen LogP contribution in [0.4, 0.5) is 0 Å². The highest BCUT2D eigenvalue weighted by Crippen LogP contribution is 2.46. The zero-order chi connectivity index (χ0) is 13.4. The van der Waals surface area contributed by atoms with Gasteiger partial charge in [-0.1, -0.05) is 13.8 Å². The van der Waals surface area contributed by atoms with Crippen molar-refractivity contribution in [1.82, 2.24) is 9.80 Å². The average Bonchev–Trinajstić information content (AvgIpc) is 2.65. The predicted molar refractivity (Wildman–Crippen MR) is 77.7 cm³/mol. The number of likely N-dealkylation sites (tertiary alicyclic amines) is 1. The van der Waals surface area contributed by atoms with Gasteiger partial charge in [-0.25, -0.2) is 0 Å². The molecule has 1 saturated heterocycles. The van der Waals surface area contributed by atoms with Gasteiger partial charge >= 0.3 is 0 Å². The minimum atomic E-state index is 0.256. The van der Waals surface area contributed by atoms with Crippen LogP contribution >= 0.6 is 0 Å². The summed E-state index contributed by atoms with van der Waals surface area (Å²) < 4.78 is 0. The highest BCUT2D eigenvalue weighted by Gasteiger charge is 2.46. The fourth-order valence-corrected chi connectivity index (χ4v) is 4.10. The lowest BCUT2D eigenvalue weighted by atomic mass is 9.85. The fraction of sp³-hybridized carbons (Fsp3) is 1.00. The number of nitrogens with two attached hydrogens (primary N) is 1. The molecule has 0 amide bonds. The van der Waals surface area contributed by atoms with Gasteiger partial charge in [0.05, 0.1) is 0 Å². The van der Waals surface area contributed by atoms with Gasteiger partial charge in [0.25, 0.3) is 0 Å². The zero-order valence-electron chi connectivity index (χ0n) is 12.7. The molecule has 2 rings (SSSR count). The van der Waals surface area contributed by atoms with E-state index in [4.69, 9.17) is 5.73 Å². The Kier molecular flexibility index (Phi) is 4.05. The molecule has 0 radical (unpaired) electrons. The summed E-state index contributed by atoms with van der Waals surface area (Å²) in [4.78, 5) is 5.10. The third kappa shape index (κ3) is 2.73. The third-order valence-corrected chi connectivity index (χ3v) is 5.35. The molecule has 0 aromatic heterocycles. The Balaban J connectivity index is 2.08. The quantitative estimate of drug-likeness (QED) is 0.834. The molecule has 2 aliphatic rings. The van der Waals surface area contributed by atoms with Crippen LogP contribution in [-0.2, 0) is 0 Å². The van der Waals surface area contributed by atoms with Crippen molar-refractivity contribution in [3.8, 4) is 0 Å². The Bertz CT molecular complexity index is 289. The lowest BCUT2D eigenvalue weighted by Gasteiger charge is -2.46. The molecule has 3 heteroatoms. The minimum Gasteiger partial charge on any atom is -0.329 e. The van der Waals surface area contributed by atoms with Crippen molar-refractivity contribution in [1.29, 1.82) is 0 Å². The standard InChI is InChI=1S/C15H31N3/c1-14(2)7-8-15(11-14,12-16)18(4)13-6-5-9-17(3)10-13/h13H,5-12,16H2,1-4H3. The second-order valence-corrected chi connectivity index (χ2v) is 7.44. The number of likely N-dealkylation sites (N-methyl/N-ethyl adjacent to an activating group) is 2. The van der Waals surface area contributed by atoms with Crippen LogP contribution < -0.4 is 5.73 Å². The van der Waals surface area contributed by atoms with Gasteiger partial charge in [0, 0.05) is 24.7 Å². The first-order valence-electron chi connectivity index (χ1n) is 7.50. The van der Waals surface area contributed by atoms with E-state index in [1.54, 1.807) is 0 Å². The summed E-state index contributed by atoms with van der Waals surface area (Å²) in [5.74, 6) is 0. The molecule has 1 saturated carbocycles. The van der Waals surface area contributed by atoms with E-state index in [1.807, 2.05) is 0 Å². The molecule has 18 heavy (non-hydrogen) atoms. The summed E-state index contributed by atoms with van der Waals surface area (Å²) >= 11 is 0. The molecule has 2 N–H and O–H groups in total. The monoisotopic (exact) mass is 253 g/mol. The van der Waals surface area contributed by atoms with Crippen LogP contribution in [0, 0.1) is 5.41 Å². The molecule has 0 aromatic carbocycles. The summed E-state index contributed by atoms with van der Waals surface area (Å²) in [5, 5.41) is 0. The zero-order valence-corrected chi connectivity index (χ0v) is 12.7. The Hall–Kier alpha value is -0.120. The van der Waals surface area contributed by atoms with E-state index in [-0.39, 0.29) is 5.54 Å². The van der Waals surface area contributed by atoms with Crippen LogP contribution in [-0.4, -0.2) is 55.1 Å². The van der Waals surface area contributed by atoms with Crippen molar-refractivity contribution in [3.63, 3.8) is 0 Å². The van der Waals surface area contributed by atoms with E-state index in [0.29, 0.717) is 11.5 Å². The largest absolute Gasteiger partial charge is 0.329 e. The van der Waals surface area contributed by atoms with Crippen molar-refractivity contribution >= 4 is 0 Å². The second kappa shape index (κ2) is 5.10. The van der Waals surface area contributed by atoms with Gasteiger partial charge in [0.15, 0.2) is 0 Å². The van der Waals surface area contributed by atoms with Gasteiger partial charge in [0.2, 0.25) is 0 Å². The molecule has 0 spiro atoms. The van der Waals surface area contributed by atoms with Gasteiger partial charge in [0.1, 0.15) is 0 Å². The summed E-state index contributed by atoms with van der Waals surface area (Å²) in [6.07, 6.45) is 6.51. The summed E-state index contributed by atoms with van der Waals surface area (Å²) in [6, 6.07) is 0.696. The van der Waals surface area contributed by atoms with E-state index >= 15 is 0 Å². The second-order valence-electron chi connectivity index (χ2n) is 7.44. The summed E-state index contributed by atoms with van der Waals surface area (Å²) in [7, 11) is 4.56.